The van der Waals surface area contributed by atoms with Crippen LogP contribution in [0.15, 0.2) is 29.3 Å². The molecule has 136 valence electrons. The van der Waals surface area contributed by atoms with Crippen LogP contribution in [0.25, 0.3) is 0 Å². The van der Waals surface area contributed by atoms with E-state index in [1.807, 2.05) is 12.1 Å². The normalized spacial score (nSPS) is 29.7. The van der Waals surface area contributed by atoms with Crippen LogP contribution < -0.4 is 10.6 Å². The summed E-state index contributed by atoms with van der Waals surface area (Å²) in [6.07, 6.45) is 6.07. The van der Waals surface area contributed by atoms with Gasteiger partial charge in [0.05, 0.1) is 6.10 Å². The Morgan fingerprint density at radius 1 is 1.36 bits per heavy atom. The zero-order valence-electron chi connectivity index (χ0n) is 14.9. The lowest BCUT2D eigenvalue weighted by Gasteiger charge is -2.63. The van der Waals surface area contributed by atoms with Crippen molar-refractivity contribution in [2.45, 2.75) is 51.2 Å². The van der Waals surface area contributed by atoms with Gasteiger partial charge in [-0.2, -0.15) is 0 Å². The van der Waals surface area contributed by atoms with Crippen LogP contribution in [0.1, 0.15) is 38.2 Å². The lowest BCUT2D eigenvalue weighted by molar-refractivity contribution is -0.171. The van der Waals surface area contributed by atoms with Crippen molar-refractivity contribution >= 4 is 5.96 Å². The van der Waals surface area contributed by atoms with Crippen LogP contribution in [0.2, 0.25) is 0 Å². The third-order valence-corrected chi connectivity index (χ3v) is 6.28. The maximum absolute atomic E-state index is 13.7. The number of halogens is 1. The Bertz CT molecular complexity index is 644. The SMILES string of the molecule is CCNC(=NCCc1ccccc1F)NC1C2CCOC2C12CCC2. The highest BCUT2D eigenvalue weighted by atomic mass is 19.1. The van der Waals surface area contributed by atoms with E-state index in [2.05, 4.69) is 17.6 Å². The summed E-state index contributed by atoms with van der Waals surface area (Å²) in [6, 6.07) is 7.42. The van der Waals surface area contributed by atoms with E-state index in [0.29, 0.717) is 36.4 Å². The largest absolute Gasteiger partial charge is 0.377 e. The Balaban J connectivity index is 1.40. The summed E-state index contributed by atoms with van der Waals surface area (Å²) in [5.41, 5.74) is 1.06. The molecule has 1 aromatic rings. The van der Waals surface area contributed by atoms with Crippen molar-refractivity contribution in [1.82, 2.24) is 10.6 Å². The number of hydrogen-bond acceptors (Lipinski definition) is 2. The molecule has 3 fully saturated rings. The number of nitrogens with one attached hydrogen (secondary N) is 2. The monoisotopic (exact) mass is 345 g/mol. The smallest absolute Gasteiger partial charge is 0.191 e. The van der Waals surface area contributed by atoms with Crippen LogP contribution in [0.3, 0.4) is 0 Å². The first kappa shape index (κ1) is 16.8. The van der Waals surface area contributed by atoms with Gasteiger partial charge in [0.2, 0.25) is 0 Å². The van der Waals surface area contributed by atoms with Gasteiger partial charge in [-0.25, -0.2) is 4.39 Å². The van der Waals surface area contributed by atoms with Crippen molar-refractivity contribution in [1.29, 1.82) is 0 Å². The molecule has 4 rings (SSSR count). The Kier molecular flexibility index (Phi) is 4.67. The summed E-state index contributed by atoms with van der Waals surface area (Å²) in [5, 5.41) is 7.04. The molecule has 3 unspecified atom stereocenters. The minimum absolute atomic E-state index is 0.144. The van der Waals surface area contributed by atoms with Gasteiger partial charge in [0.15, 0.2) is 5.96 Å². The minimum atomic E-state index is -0.144. The molecule has 3 atom stereocenters. The number of rotatable bonds is 5. The van der Waals surface area contributed by atoms with E-state index >= 15 is 0 Å². The van der Waals surface area contributed by atoms with Crippen LogP contribution in [0, 0.1) is 17.2 Å². The maximum atomic E-state index is 13.7. The van der Waals surface area contributed by atoms with E-state index in [4.69, 9.17) is 9.73 Å². The molecule has 2 aliphatic carbocycles. The molecule has 0 bridgehead atoms. The number of guanidine groups is 1. The van der Waals surface area contributed by atoms with E-state index in [0.717, 1.165) is 31.1 Å². The molecule has 2 N–H and O–H groups in total. The quantitative estimate of drug-likeness (QED) is 0.637. The van der Waals surface area contributed by atoms with Gasteiger partial charge in [-0.3, -0.25) is 4.99 Å². The van der Waals surface area contributed by atoms with Crippen LogP contribution in [0.4, 0.5) is 4.39 Å². The number of ether oxygens (including phenoxy) is 1. The van der Waals surface area contributed by atoms with Crippen molar-refractivity contribution in [2.75, 3.05) is 19.7 Å². The second-order valence-electron chi connectivity index (χ2n) is 7.55. The zero-order chi connectivity index (χ0) is 17.3. The molecule has 0 amide bonds. The van der Waals surface area contributed by atoms with Gasteiger partial charge in [-0.05, 0) is 44.2 Å². The Morgan fingerprint density at radius 3 is 2.92 bits per heavy atom. The minimum Gasteiger partial charge on any atom is -0.377 e. The van der Waals surface area contributed by atoms with Crippen molar-refractivity contribution in [3.8, 4) is 0 Å². The molecular formula is C20H28FN3O. The number of fused-ring (bicyclic) bond motifs is 2. The fourth-order valence-electron chi connectivity index (χ4n) is 4.91. The second kappa shape index (κ2) is 6.94. The summed E-state index contributed by atoms with van der Waals surface area (Å²) < 4.78 is 19.7. The van der Waals surface area contributed by atoms with Crippen molar-refractivity contribution in [3.05, 3.63) is 35.6 Å². The first-order valence-electron chi connectivity index (χ1n) is 9.64. The lowest BCUT2D eigenvalue weighted by atomic mass is 9.46. The number of benzene rings is 1. The molecule has 1 spiro atoms. The Morgan fingerprint density at radius 2 is 2.20 bits per heavy atom. The molecule has 1 aromatic carbocycles. The van der Waals surface area contributed by atoms with Crippen LogP contribution in [0.5, 0.6) is 0 Å². The third-order valence-electron chi connectivity index (χ3n) is 6.28. The molecule has 4 nitrogen and oxygen atoms in total. The topological polar surface area (TPSA) is 45.7 Å². The van der Waals surface area contributed by atoms with Gasteiger partial charge in [0.1, 0.15) is 5.82 Å². The number of aliphatic imine (C=N–C) groups is 1. The summed E-state index contributed by atoms with van der Waals surface area (Å²) in [4.78, 5) is 4.70. The predicted octanol–water partition coefficient (Wildman–Crippen LogP) is 2.88. The van der Waals surface area contributed by atoms with E-state index < -0.39 is 0 Å². The van der Waals surface area contributed by atoms with E-state index in [1.165, 1.54) is 25.3 Å². The van der Waals surface area contributed by atoms with Gasteiger partial charge < -0.3 is 15.4 Å². The maximum Gasteiger partial charge on any atom is 0.191 e. The highest BCUT2D eigenvalue weighted by molar-refractivity contribution is 5.80. The Labute approximate surface area is 149 Å². The molecule has 3 aliphatic rings. The summed E-state index contributed by atoms with van der Waals surface area (Å²) >= 11 is 0. The van der Waals surface area contributed by atoms with Gasteiger partial charge in [-0.1, -0.05) is 24.6 Å². The van der Waals surface area contributed by atoms with E-state index in [9.17, 15) is 4.39 Å². The van der Waals surface area contributed by atoms with Gasteiger partial charge in [-0.15, -0.1) is 0 Å². The molecule has 0 aromatic heterocycles. The average molecular weight is 345 g/mol. The van der Waals surface area contributed by atoms with E-state index in [1.54, 1.807) is 6.07 Å². The van der Waals surface area contributed by atoms with Crippen molar-refractivity contribution in [3.63, 3.8) is 0 Å². The van der Waals surface area contributed by atoms with E-state index in [-0.39, 0.29) is 5.82 Å². The number of nitrogens with zero attached hydrogens (tertiary/aromatic N) is 1. The van der Waals surface area contributed by atoms with Crippen molar-refractivity contribution in [2.24, 2.45) is 16.3 Å². The summed E-state index contributed by atoms with van der Waals surface area (Å²) in [6.45, 7) is 4.39. The first-order valence-corrected chi connectivity index (χ1v) is 9.64. The molecule has 1 aliphatic heterocycles. The fourth-order valence-corrected chi connectivity index (χ4v) is 4.91. The third kappa shape index (κ3) is 2.92. The summed E-state index contributed by atoms with van der Waals surface area (Å²) in [5.74, 6) is 1.34. The molecular weight excluding hydrogens is 317 g/mol. The van der Waals surface area contributed by atoms with Crippen LogP contribution >= 0.6 is 0 Å². The highest BCUT2D eigenvalue weighted by Crippen LogP contribution is 2.62. The Hall–Kier alpha value is -1.62. The van der Waals surface area contributed by atoms with Gasteiger partial charge in [0.25, 0.3) is 0 Å². The second-order valence-corrected chi connectivity index (χ2v) is 7.55. The predicted molar refractivity (Wildman–Crippen MR) is 97.1 cm³/mol. The lowest BCUT2D eigenvalue weighted by Crippen LogP contribution is -2.72. The molecule has 25 heavy (non-hydrogen) atoms. The van der Waals surface area contributed by atoms with Gasteiger partial charge in [0, 0.05) is 37.1 Å². The number of hydrogen-bond donors (Lipinski definition) is 2. The van der Waals surface area contributed by atoms with Crippen molar-refractivity contribution < 1.29 is 9.13 Å². The zero-order valence-corrected chi connectivity index (χ0v) is 14.9. The van der Waals surface area contributed by atoms with Crippen LogP contribution in [-0.4, -0.2) is 37.8 Å². The fraction of sp³-hybridized carbons (Fsp3) is 0.650. The average Bonchev–Trinajstić information content (AvgIpc) is 2.98. The molecule has 5 heteroatoms. The molecule has 1 saturated heterocycles. The molecule has 0 radical (unpaired) electrons. The molecule has 2 saturated carbocycles. The van der Waals surface area contributed by atoms with Crippen LogP contribution in [-0.2, 0) is 11.2 Å². The first-order chi connectivity index (χ1) is 12.2. The van der Waals surface area contributed by atoms with Gasteiger partial charge >= 0.3 is 0 Å². The standard InChI is InChI=1S/C20H28FN3O/c1-2-22-19(23-12-8-14-6-3-4-7-16(14)21)24-17-15-9-13-25-18(15)20(17)10-5-11-20/h3-4,6-7,15,17-18H,2,5,8-13H2,1H3,(H2,22,23,24). The highest BCUT2D eigenvalue weighted by Gasteiger charge is 2.66. The summed E-state index contributed by atoms with van der Waals surface area (Å²) in [7, 11) is 0. The molecule has 1 heterocycles.